The number of nitrogens with one attached hydrogen (secondary N) is 1. The Morgan fingerprint density at radius 2 is 2.00 bits per heavy atom. The second-order valence-corrected chi connectivity index (χ2v) is 7.44. The molecule has 1 aliphatic rings. The van der Waals surface area contributed by atoms with E-state index in [1.807, 2.05) is 6.33 Å². The van der Waals surface area contributed by atoms with Crippen molar-refractivity contribution < 1.29 is 5.11 Å². The molecule has 2 aromatic rings. The van der Waals surface area contributed by atoms with Crippen molar-refractivity contribution in [2.24, 2.45) is 5.92 Å². The summed E-state index contributed by atoms with van der Waals surface area (Å²) >= 11 is 0. The molecule has 1 fully saturated rings. The van der Waals surface area contributed by atoms with Gasteiger partial charge in [0.05, 0.1) is 6.33 Å². The van der Waals surface area contributed by atoms with E-state index in [9.17, 15) is 5.11 Å². The van der Waals surface area contributed by atoms with Crippen molar-refractivity contribution in [3.8, 4) is 0 Å². The van der Waals surface area contributed by atoms with Gasteiger partial charge in [0.1, 0.15) is 11.8 Å². The van der Waals surface area contributed by atoms with Crippen LogP contribution in [0.15, 0.2) is 12.7 Å². The quantitative estimate of drug-likeness (QED) is 0.720. The molecule has 0 unspecified atom stereocenters. The van der Waals surface area contributed by atoms with Crippen LogP contribution >= 0.6 is 0 Å². The van der Waals surface area contributed by atoms with E-state index in [0.29, 0.717) is 18.0 Å². The highest BCUT2D eigenvalue weighted by atomic mass is 16.3. The maximum Gasteiger partial charge on any atom is 0.165 e. The van der Waals surface area contributed by atoms with Crippen LogP contribution in [-0.4, -0.2) is 37.3 Å². The fourth-order valence-electron chi connectivity index (χ4n) is 3.89. The average Bonchev–Trinajstić information content (AvgIpc) is 3.28. The molecule has 0 spiro atoms. The third kappa shape index (κ3) is 4.29. The van der Waals surface area contributed by atoms with E-state index >= 15 is 0 Å². The molecule has 2 atom stereocenters. The third-order valence-electron chi connectivity index (χ3n) is 5.48. The van der Waals surface area contributed by atoms with Gasteiger partial charge in [-0.1, -0.05) is 26.2 Å². The van der Waals surface area contributed by atoms with Crippen LogP contribution in [0, 0.1) is 5.92 Å². The van der Waals surface area contributed by atoms with Crippen molar-refractivity contribution >= 4 is 17.0 Å². The van der Waals surface area contributed by atoms with E-state index in [2.05, 4.69) is 38.7 Å². The molecule has 0 saturated heterocycles. The van der Waals surface area contributed by atoms with Gasteiger partial charge in [-0.2, -0.15) is 0 Å². The van der Waals surface area contributed by atoms with Crippen LogP contribution in [0.5, 0.6) is 0 Å². The summed E-state index contributed by atoms with van der Waals surface area (Å²) < 4.78 is 2.15. The van der Waals surface area contributed by atoms with Crippen LogP contribution in [0.1, 0.15) is 71.3 Å². The maximum atomic E-state index is 9.50. The smallest absolute Gasteiger partial charge is 0.165 e. The summed E-state index contributed by atoms with van der Waals surface area (Å²) in [5, 5.41) is 13.0. The number of anilines is 1. The lowest BCUT2D eigenvalue weighted by atomic mass is 9.97. The van der Waals surface area contributed by atoms with Crippen LogP contribution in [0.2, 0.25) is 0 Å². The highest BCUT2D eigenvalue weighted by Crippen LogP contribution is 2.27. The zero-order chi connectivity index (χ0) is 17.6. The highest BCUT2D eigenvalue weighted by molar-refractivity contribution is 5.82. The molecule has 6 heteroatoms. The van der Waals surface area contributed by atoms with Crippen LogP contribution in [0.25, 0.3) is 11.2 Å². The number of imidazole rings is 1. The molecule has 3 rings (SSSR count). The molecule has 0 amide bonds. The largest absolute Gasteiger partial charge is 0.396 e. The first-order valence-electron chi connectivity index (χ1n) is 9.77. The van der Waals surface area contributed by atoms with Crippen LogP contribution in [0.3, 0.4) is 0 Å². The van der Waals surface area contributed by atoms with Crippen LogP contribution in [0.4, 0.5) is 5.82 Å². The topological polar surface area (TPSA) is 75.9 Å². The number of rotatable bonds is 9. The van der Waals surface area contributed by atoms with Gasteiger partial charge < -0.3 is 15.0 Å². The van der Waals surface area contributed by atoms with Crippen LogP contribution < -0.4 is 5.32 Å². The van der Waals surface area contributed by atoms with Crippen molar-refractivity contribution in [3.63, 3.8) is 0 Å². The Morgan fingerprint density at radius 1 is 1.20 bits per heavy atom. The summed E-state index contributed by atoms with van der Waals surface area (Å²) in [6.45, 7) is 4.65. The molecular weight excluding hydrogens is 314 g/mol. The monoisotopic (exact) mass is 345 g/mol. The first-order chi connectivity index (χ1) is 12.2. The van der Waals surface area contributed by atoms with Crippen molar-refractivity contribution in [1.29, 1.82) is 0 Å². The molecule has 0 bridgehead atoms. The molecule has 1 aliphatic carbocycles. The normalized spacial score (nSPS) is 17.9. The van der Waals surface area contributed by atoms with Gasteiger partial charge in [0.25, 0.3) is 0 Å². The minimum atomic E-state index is 0.281. The van der Waals surface area contributed by atoms with Crippen LogP contribution in [-0.2, 0) is 0 Å². The van der Waals surface area contributed by atoms with E-state index in [1.165, 1.54) is 25.7 Å². The summed E-state index contributed by atoms with van der Waals surface area (Å²) in [5.41, 5.74) is 1.77. The van der Waals surface area contributed by atoms with Gasteiger partial charge in [0, 0.05) is 18.7 Å². The number of aliphatic hydroxyl groups excluding tert-OH is 1. The Hall–Kier alpha value is -1.69. The molecule has 2 aromatic heterocycles. The summed E-state index contributed by atoms with van der Waals surface area (Å²) in [4.78, 5) is 13.5. The van der Waals surface area contributed by atoms with Gasteiger partial charge in [-0.05, 0) is 44.9 Å². The van der Waals surface area contributed by atoms with E-state index in [4.69, 9.17) is 0 Å². The first kappa shape index (κ1) is 18.1. The SMILES string of the molecule is CCC[C@H](CO)CC[C@@H](C)n1cnc2c(NC3CCCC3)ncnc21. The van der Waals surface area contributed by atoms with E-state index < -0.39 is 0 Å². The molecule has 6 nitrogen and oxygen atoms in total. The van der Waals surface area contributed by atoms with Gasteiger partial charge in [-0.25, -0.2) is 15.0 Å². The maximum absolute atomic E-state index is 9.50. The van der Waals surface area contributed by atoms with Gasteiger partial charge in [0.2, 0.25) is 0 Å². The first-order valence-corrected chi connectivity index (χ1v) is 9.77. The van der Waals surface area contributed by atoms with E-state index in [-0.39, 0.29) is 6.61 Å². The average molecular weight is 345 g/mol. The van der Waals surface area contributed by atoms with Gasteiger partial charge in [-0.3, -0.25) is 0 Å². The minimum Gasteiger partial charge on any atom is -0.396 e. The number of aliphatic hydroxyl groups is 1. The summed E-state index contributed by atoms with van der Waals surface area (Å²) in [6, 6.07) is 0.824. The Bertz CT molecular complexity index is 665. The van der Waals surface area contributed by atoms with Gasteiger partial charge in [0.15, 0.2) is 11.5 Å². The predicted octanol–water partition coefficient (Wildman–Crippen LogP) is 3.93. The summed E-state index contributed by atoms with van der Waals surface area (Å²) in [5.74, 6) is 1.26. The molecule has 138 valence electrons. The molecule has 0 radical (unpaired) electrons. The van der Waals surface area contributed by atoms with E-state index in [0.717, 1.165) is 42.7 Å². The molecule has 25 heavy (non-hydrogen) atoms. The Morgan fingerprint density at radius 3 is 2.72 bits per heavy atom. The number of aromatic nitrogens is 4. The number of hydrogen-bond acceptors (Lipinski definition) is 5. The zero-order valence-corrected chi connectivity index (χ0v) is 15.5. The molecule has 0 aliphatic heterocycles. The third-order valence-corrected chi connectivity index (χ3v) is 5.48. The number of hydrogen-bond donors (Lipinski definition) is 2. The van der Waals surface area contributed by atoms with Crippen molar-refractivity contribution in [2.45, 2.75) is 77.3 Å². The molecule has 1 saturated carbocycles. The van der Waals surface area contributed by atoms with Gasteiger partial charge in [-0.15, -0.1) is 0 Å². The zero-order valence-electron chi connectivity index (χ0n) is 15.5. The van der Waals surface area contributed by atoms with E-state index in [1.54, 1.807) is 6.33 Å². The Labute approximate surface area is 150 Å². The van der Waals surface area contributed by atoms with Crippen molar-refractivity contribution in [2.75, 3.05) is 11.9 Å². The Kier molecular flexibility index (Phi) is 6.24. The summed E-state index contributed by atoms with van der Waals surface area (Å²) in [6.07, 6.45) is 12.8. The molecule has 2 N–H and O–H groups in total. The number of fused-ring (bicyclic) bond motifs is 1. The predicted molar refractivity (Wildman–Crippen MR) is 101 cm³/mol. The lowest BCUT2D eigenvalue weighted by molar-refractivity contribution is 0.202. The second-order valence-electron chi connectivity index (χ2n) is 7.44. The minimum absolute atomic E-state index is 0.281. The highest BCUT2D eigenvalue weighted by Gasteiger charge is 2.19. The molecule has 0 aromatic carbocycles. The summed E-state index contributed by atoms with van der Waals surface area (Å²) in [7, 11) is 0. The number of nitrogens with zero attached hydrogens (tertiary/aromatic N) is 4. The lowest BCUT2D eigenvalue weighted by Gasteiger charge is -2.18. The fraction of sp³-hybridized carbons (Fsp3) is 0.737. The van der Waals surface area contributed by atoms with Gasteiger partial charge >= 0.3 is 0 Å². The standard InChI is InChI=1S/C19H31N5O/c1-3-6-15(11-25)10-9-14(2)24-13-22-17-18(20-12-21-19(17)24)23-16-7-4-5-8-16/h12-16,25H,3-11H2,1-2H3,(H,20,21,23)/t14-,15+/m1/s1. The fourth-order valence-corrected chi connectivity index (χ4v) is 3.89. The second kappa shape index (κ2) is 8.61. The lowest BCUT2D eigenvalue weighted by Crippen LogP contribution is -2.16. The van der Waals surface area contributed by atoms with Crippen molar-refractivity contribution in [1.82, 2.24) is 19.5 Å². The molecule has 2 heterocycles. The van der Waals surface area contributed by atoms with Crippen molar-refractivity contribution in [3.05, 3.63) is 12.7 Å². The molecular formula is C19H31N5O. The Balaban J connectivity index is 1.71.